The van der Waals surface area contributed by atoms with Crippen molar-refractivity contribution in [2.45, 2.75) is 26.3 Å². The van der Waals surface area contributed by atoms with E-state index in [0.717, 1.165) is 29.0 Å². The van der Waals surface area contributed by atoms with E-state index in [-0.39, 0.29) is 6.42 Å². The molecule has 0 amide bonds. The number of benzene rings is 3. The number of ether oxygens (including phenoxy) is 2. The molecule has 0 atom stereocenters. The first-order valence-electron chi connectivity index (χ1n) is 12.0. The van der Waals surface area contributed by atoms with Crippen molar-refractivity contribution in [1.29, 1.82) is 0 Å². The summed E-state index contributed by atoms with van der Waals surface area (Å²) in [6.07, 6.45) is 0.564. The monoisotopic (exact) mass is 500 g/mol. The van der Waals surface area contributed by atoms with Gasteiger partial charge in [-0.25, -0.2) is 4.79 Å². The number of aliphatic carboxylic acids is 2. The number of aryl methyl sites for hydroxylation is 2. The average molecular weight is 501 g/mol. The Kier molecular flexibility index (Phi) is 8.20. The van der Waals surface area contributed by atoms with Gasteiger partial charge >= 0.3 is 11.9 Å². The fraction of sp³-hybridized carbons (Fsp3) is 0.207. The lowest BCUT2D eigenvalue weighted by Gasteiger charge is -2.12. The van der Waals surface area contributed by atoms with Gasteiger partial charge in [-0.3, -0.25) is 9.48 Å². The van der Waals surface area contributed by atoms with Crippen molar-refractivity contribution in [2.24, 2.45) is 0 Å². The Morgan fingerprint density at radius 2 is 1.54 bits per heavy atom. The molecule has 190 valence electrons. The SMILES string of the molecule is CCOc1ccccc1-c1cc(-c2cc(CC(=O)O)ccc2OCC(=O)O)nn1CCc1ccccc1. The molecule has 1 heterocycles. The minimum absolute atomic E-state index is 0.180. The van der Waals surface area contributed by atoms with Gasteiger partial charge in [0.15, 0.2) is 6.61 Å². The number of para-hydroxylation sites is 1. The quantitative estimate of drug-likeness (QED) is 0.283. The van der Waals surface area contributed by atoms with Crippen molar-refractivity contribution < 1.29 is 29.3 Å². The first kappa shape index (κ1) is 25.5. The summed E-state index contributed by atoms with van der Waals surface area (Å²) in [4.78, 5) is 22.5. The molecule has 1 aromatic heterocycles. The van der Waals surface area contributed by atoms with Crippen LogP contribution in [0.5, 0.6) is 11.5 Å². The first-order valence-corrected chi connectivity index (χ1v) is 12.0. The number of aromatic nitrogens is 2. The number of nitrogens with zero attached hydrogens (tertiary/aromatic N) is 2. The fourth-order valence-electron chi connectivity index (χ4n) is 4.10. The molecule has 8 heteroatoms. The summed E-state index contributed by atoms with van der Waals surface area (Å²) >= 11 is 0. The molecule has 0 bridgehead atoms. The maximum atomic E-state index is 11.3. The Labute approximate surface area is 214 Å². The summed E-state index contributed by atoms with van der Waals surface area (Å²) in [6, 6.07) is 24.6. The zero-order valence-corrected chi connectivity index (χ0v) is 20.5. The van der Waals surface area contributed by atoms with Gasteiger partial charge in [0.05, 0.1) is 24.4 Å². The van der Waals surface area contributed by atoms with Gasteiger partial charge in [-0.15, -0.1) is 0 Å². The van der Waals surface area contributed by atoms with E-state index < -0.39 is 18.5 Å². The lowest BCUT2D eigenvalue weighted by atomic mass is 10.0. The van der Waals surface area contributed by atoms with E-state index in [0.29, 0.717) is 35.7 Å². The Morgan fingerprint density at radius 3 is 2.27 bits per heavy atom. The highest BCUT2D eigenvalue weighted by atomic mass is 16.5. The molecule has 0 unspecified atom stereocenters. The topological polar surface area (TPSA) is 111 Å². The van der Waals surface area contributed by atoms with Crippen molar-refractivity contribution in [3.8, 4) is 34.0 Å². The summed E-state index contributed by atoms with van der Waals surface area (Å²) in [6.45, 7) is 2.49. The number of rotatable bonds is 12. The second-order valence-electron chi connectivity index (χ2n) is 8.39. The van der Waals surface area contributed by atoms with E-state index in [2.05, 4.69) is 12.1 Å². The highest BCUT2D eigenvalue weighted by Crippen LogP contribution is 2.36. The van der Waals surface area contributed by atoms with Crippen LogP contribution in [0.3, 0.4) is 0 Å². The third-order valence-corrected chi connectivity index (χ3v) is 5.72. The van der Waals surface area contributed by atoms with Crippen LogP contribution >= 0.6 is 0 Å². The van der Waals surface area contributed by atoms with Gasteiger partial charge in [0.25, 0.3) is 0 Å². The first-order chi connectivity index (χ1) is 17.9. The maximum absolute atomic E-state index is 11.3. The van der Waals surface area contributed by atoms with Crippen molar-refractivity contribution in [3.63, 3.8) is 0 Å². The van der Waals surface area contributed by atoms with Crippen LogP contribution in [-0.4, -0.2) is 45.1 Å². The second-order valence-corrected chi connectivity index (χ2v) is 8.39. The number of carbonyl (C=O) groups is 2. The smallest absolute Gasteiger partial charge is 0.341 e. The minimum atomic E-state index is -1.11. The van der Waals surface area contributed by atoms with Gasteiger partial charge in [0, 0.05) is 17.7 Å². The molecule has 2 N–H and O–H groups in total. The van der Waals surface area contributed by atoms with E-state index in [1.54, 1.807) is 18.2 Å². The van der Waals surface area contributed by atoms with E-state index in [1.165, 1.54) is 0 Å². The van der Waals surface area contributed by atoms with Crippen LogP contribution in [0.2, 0.25) is 0 Å². The lowest BCUT2D eigenvalue weighted by molar-refractivity contribution is -0.139. The Hall–Kier alpha value is -4.59. The molecule has 4 aromatic rings. The Morgan fingerprint density at radius 1 is 0.811 bits per heavy atom. The molecule has 0 saturated heterocycles. The third kappa shape index (κ3) is 6.55. The van der Waals surface area contributed by atoms with Crippen LogP contribution < -0.4 is 9.47 Å². The molecule has 37 heavy (non-hydrogen) atoms. The summed E-state index contributed by atoms with van der Waals surface area (Å²) < 4.78 is 13.3. The summed E-state index contributed by atoms with van der Waals surface area (Å²) in [7, 11) is 0. The van der Waals surface area contributed by atoms with Gasteiger partial charge in [-0.2, -0.15) is 5.10 Å². The molecule has 0 fully saturated rings. The van der Waals surface area contributed by atoms with Crippen LogP contribution in [0, 0.1) is 0 Å². The van der Waals surface area contributed by atoms with Crippen LogP contribution in [0.25, 0.3) is 22.5 Å². The molecular formula is C29H28N2O6. The highest BCUT2D eigenvalue weighted by Gasteiger charge is 2.19. The van der Waals surface area contributed by atoms with Crippen LogP contribution in [-0.2, 0) is 29.0 Å². The predicted octanol–water partition coefficient (Wildman–Crippen LogP) is 4.95. The Bertz CT molecular complexity index is 1380. The van der Waals surface area contributed by atoms with Crippen LogP contribution in [0.4, 0.5) is 0 Å². The molecule has 0 saturated carbocycles. The molecule has 0 spiro atoms. The second kappa shape index (κ2) is 11.9. The number of carboxylic acid groups (broad SMARTS) is 2. The molecule has 8 nitrogen and oxygen atoms in total. The summed E-state index contributed by atoms with van der Waals surface area (Å²) in [5.74, 6) is -1.04. The van der Waals surface area contributed by atoms with Crippen molar-refractivity contribution in [3.05, 3.63) is 90.0 Å². The Balaban J connectivity index is 1.81. The zero-order valence-electron chi connectivity index (χ0n) is 20.5. The van der Waals surface area contributed by atoms with Crippen LogP contribution in [0.1, 0.15) is 18.1 Å². The lowest BCUT2D eigenvalue weighted by Crippen LogP contribution is -2.10. The van der Waals surface area contributed by atoms with Crippen molar-refractivity contribution in [1.82, 2.24) is 9.78 Å². The van der Waals surface area contributed by atoms with E-state index in [1.807, 2.05) is 60.1 Å². The molecule has 0 aliphatic rings. The fourth-order valence-corrected chi connectivity index (χ4v) is 4.10. The normalized spacial score (nSPS) is 10.7. The third-order valence-electron chi connectivity index (χ3n) is 5.72. The minimum Gasteiger partial charge on any atom is -0.493 e. The molecule has 3 aromatic carbocycles. The van der Waals surface area contributed by atoms with Crippen molar-refractivity contribution in [2.75, 3.05) is 13.2 Å². The van der Waals surface area contributed by atoms with Gasteiger partial charge in [0.2, 0.25) is 0 Å². The average Bonchev–Trinajstić information content (AvgIpc) is 3.31. The maximum Gasteiger partial charge on any atom is 0.341 e. The van der Waals surface area contributed by atoms with Gasteiger partial charge < -0.3 is 19.7 Å². The standard InChI is InChI=1S/C29H28N2O6/c1-2-36-26-11-7-6-10-22(26)25-18-24(30-31(25)15-14-20-8-4-3-5-9-20)23-16-21(17-28(32)33)12-13-27(23)37-19-29(34)35/h3-13,16,18H,2,14-15,17,19H2,1H3,(H,32,33)(H,34,35). The van der Waals surface area contributed by atoms with Gasteiger partial charge in [-0.1, -0.05) is 48.5 Å². The number of hydrogen-bond donors (Lipinski definition) is 2. The molecular weight excluding hydrogens is 472 g/mol. The van der Waals surface area contributed by atoms with E-state index >= 15 is 0 Å². The van der Waals surface area contributed by atoms with Crippen LogP contribution in [0.15, 0.2) is 78.9 Å². The summed E-state index contributed by atoms with van der Waals surface area (Å²) in [5.41, 5.74) is 4.47. The van der Waals surface area contributed by atoms with Gasteiger partial charge in [0.1, 0.15) is 11.5 Å². The highest BCUT2D eigenvalue weighted by molar-refractivity contribution is 5.78. The van der Waals surface area contributed by atoms with E-state index in [4.69, 9.17) is 19.7 Å². The van der Waals surface area contributed by atoms with Crippen molar-refractivity contribution >= 4 is 11.9 Å². The zero-order chi connectivity index (χ0) is 26.2. The number of hydrogen-bond acceptors (Lipinski definition) is 5. The molecule has 4 rings (SSSR count). The predicted molar refractivity (Wildman–Crippen MR) is 139 cm³/mol. The largest absolute Gasteiger partial charge is 0.493 e. The van der Waals surface area contributed by atoms with E-state index in [9.17, 15) is 14.7 Å². The van der Waals surface area contributed by atoms with Gasteiger partial charge in [-0.05, 0) is 54.8 Å². The summed E-state index contributed by atoms with van der Waals surface area (Å²) in [5, 5.41) is 23.3. The molecule has 0 radical (unpaired) electrons. The molecule has 0 aliphatic heterocycles. The molecule has 0 aliphatic carbocycles. The number of carboxylic acids is 2.